The first-order chi connectivity index (χ1) is 6.74. The second-order valence-electron chi connectivity index (χ2n) is 3.96. The van der Waals surface area contributed by atoms with E-state index >= 15 is 0 Å². The molecule has 0 aliphatic rings. The highest BCUT2D eigenvalue weighted by atomic mass is 28.2. The molecule has 0 aromatic heterocycles. The Morgan fingerprint density at radius 1 is 1.21 bits per heavy atom. The van der Waals surface area contributed by atoms with Gasteiger partial charge in [-0.2, -0.15) is 0 Å². The highest BCUT2D eigenvalue weighted by Crippen LogP contribution is 2.27. The van der Waals surface area contributed by atoms with Crippen LogP contribution in [0.1, 0.15) is 52.9 Å². The van der Waals surface area contributed by atoms with Crippen molar-refractivity contribution in [2.75, 3.05) is 0 Å². The van der Waals surface area contributed by atoms with Gasteiger partial charge in [0.25, 0.3) is 0 Å². The first kappa shape index (κ1) is 13.9. The fraction of sp³-hybridized carbons (Fsp3) is 0.833. The van der Waals surface area contributed by atoms with Crippen molar-refractivity contribution >= 4 is 9.76 Å². The Balaban J connectivity index is 4.09. The largest absolute Gasteiger partial charge is 0.418 e. The average Bonchev–Trinajstić information content (AvgIpc) is 2.19. The quantitative estimate of drug-likeness (QED) is 0.324. The zero-order valence-corrected chi connectivity index (χ0v) is 11.6. The number of allylic oxidation sites excluding steroid dienone is 1. The molecule has 0 saturated carbocycles. The SMILES string of the molecule is C=CC[SiH2]OC(CC)(CCC)CCC. The van der Waals surface area contributed by atoms with E-state index < -0.39 is 0 Å². The molecule has 0 fully saturated rings. The number of rotatable bonds is 9. The first-order valence-corrected chi connectivity index (χ1v) is 7.57. The maximum atomic E-state index is 6.17. The average molecular weight is 214 g/mol. The van der Waals surface area contributed by atoms with Gasteiger partial charge < -0.3 is 4.43 Å². The minimum atomic E-state index is -0.363. The van der Waals surface area contributed by atoms with E-state index in [2.05, 4.69) is 27.4 Å². The molecule has 0 spiro atoms. The van der Waals surface area contributed by atoms with E-state index in [-0.39, 0.29) is 15.4 Å². The Kier molecular flexibility index (Phi) is 8.19. The molecular formula is C12H26OSi. The second kappa shape index (κ2) is 8.24. The molecule has 0 atom stereocenters. The lowest BCUT2D eigenvalue weighted by atomic mass is 9.90. The molecule has 0 aliphatic heterocycles. The summed E-state index contributed by atoms with van der Waals surface area (Å²) in [5.41, 5.74) is 0.207. The molecule has 0 radical (unpaired) electrons. The van der Waals surface area contributed by atoms with Crippen molar-refractivity contribution < 1.29 is 4.43 Å². The van der Waals surface area contributed by atoms with Gasteiger partial charge in [0.15, 0.2) is 9.76 Å². The lowest BCUT2D eigenvalue weighted by molar-refractivity contribution is 0.0487. The van der Waals surface area contributed by atoms with E-state index in [4.69, 9.17) is 4.43 Å². The summed E-state index contributed by atoms with van der Waals surface area (Å²) in [6, 6.07) is 1.11. The molecule has 0 unspecified atom stereocenters. The Hall–Kier alpha value is -0.0831. The summed E-state index contributed by atoms with van der Waals surface area (Å²) in [6.45, 7) is 10.5. The van der Waals surface area contributed by atoms with Gasteiger partial charge in [-0.05, 0) is 25.3 Å². The molecule has 0 amide bonds. The highest BCUT2D eigenvalue weighted by Gasteiger charge is 2.25. The lowest BCUT2D eigenvalue weighted by Crippen LogP contribution is -2.33. The number of hydrogen-bond donors (Lipinski definition) is 0. The second-order valence-corrected chi connectivity index (χ2v) is 5.24. The van der Waals surface area contributed by atoms with Crippen molar-refractivity contribution in [2.24, 2.45) is 0 Å². The third-order valence-electron chi connectivity index (χ3n) is 2.79. The summed E-state index contributed by atoms with van der Waals surface area (Å²) in [6.07, 6.45) is 8.07. The third-order valence-corrected chi connectivity index (χ3v) is 4.25. The van der Waals surface area contributed by atoms with E-state index in [1.54, 1.807) is 0 Å². The van der Waals surface area contributed by atoms with Crippen molar-refractivity contribution in [3.8, 4) is 0 Å². The van der Waals surface area contributed by atoms with Crippen molar-refractivity contribution in [1.82, 2.24) is 0 Å². The normalized spacial score (nSPS) is 12.5. The van der Waals surface area contributed by atoms with Gasteiger partial charge in [-0.25, -0.2) is 0 Å². The molecule has 2 heteroatoms. The Morgan fingerprint density at radius 2 is 1.79 bits per heavy atom. The zero-order chi connectivity index (χ0) is 10.9. The summed E-state index contributed by atoms with van der Waals surface area (Å²) >= 11 is 0. The molecule has 0 aromatic carbocycles. The van der Waals surface area contributed by atoms with Crippen LogP contribution in [0.15, 0.2) is 12.7 Å². The molecule has 1 nitrogen and oxygen atoms in total. The molecule has 0 N–H and O–H groups in total. The van der Waals surface area contributed by atoms with Gasteiger partial charge in [-0.1, -0.05) is 39.7 Å². The van der Waals surface area contributed by atoms with E-state index in [9.17, 15) is 0 Å². The van der Waals surface area contributed by atoms with Crippen LogP contribution in [0, 0.1) is 0 Å². The molecule has 0 aromatic rings. The van der Waals surface area contributed by atoms with E-state index in [0.717, 1.165) is 6.04 Å². The molecule has 0 rings (SSSR count). The Labute approximate surface area is 91.9 Å². The Bertz CT molecular complexity index is 139. The van der Waals surface area contributed by atoms with Crippen LogP contribution >= 0.6 is 0 Å². The summed E-state index contributed by atoms with van der Waals surface area (Å²) in [7, 11) is -0.363. The zero-order valence-electron chi connectivity index (χ0n) is 10.1. The van der Waals surface area contributed by atoms with Gasteiger partial charge in [0.2, 0.25) is 0 Å². The van der Waals surface area contributed by atoms with Crippen LogP contribution in [0.3, 0.4) is 0 Å². The van der Waals surface area contributed by atoms with Crippen LogP contribution in [-0.2, 0) is 4.43 Å². The van der Waals surface area contributed by atoms with Crippen molar-refractivity contribution in [3.63, 3.8) is 0 Å². The van der Waals surface area contributed by atoms with Crippen LogP contribution in [0.5, 0.6) is 0 Å². The molecule has 0 aliphatic carbocycles. The predicted molar refractivity (Wildman–Crippen MR) is 67.5 cm³/mol. The smallest absolute Gasteiger partial charge is 0.166 e. The maximum Gasteiger partial charge on any atom is 0.166 e. The standard InChI is InChI=1S/C12H26OSi/c1-5-9-12(8-4,10-6-2)13-14-11-7-3/h7H,3,5-6,8-11,14H2,1-2,4H3. The molecule has 0 heterocycles. The molecule has 0 saturated heterocycles. The molecule has 0 bridgehead atoms. The van der Waals surface area contributed by atoms with E-state index in [0.29, 0.717) is 0 Å². The van der Waals surface area contributed by atoms with Crippen molar-refractivity contribution in [1.29, 1.82) is 0 Å². The van der Waals surface area contributed by atoms with Crippen LogP contribution in [0.4, 0.5) is 0 Å². The van der Waals surface area contributed by atoms with Crippen LogP contribution in [0.25, 0.3) is 0 Å². The van der Waals surface area contributed by atoms with Crippen LogP contribution in [0.2, 0.25) is 6.04 Å². The first-order valence-electron chi connectivity index (χ1n) is 5.99. The maximum absolute atomic E-state index is 6.17. The minimum absolute atomic E-state index is 0.207. The van der Waals surface area contributed by atoms with Gasteiger partial charge in [0.05, 0.1) is 5.60 Å². The fourth-order valence-electron chi connectivity index (χ4n) is 1.99. The summed E-state index contributed by atoms with van der Waals surface area (Å²) in [5, 5.41) is 0. The van der Waals surface area contributed by atoms with E-state index in [1.807, 2.05) is 6.08 Å². The van der Waals surface area contributed by atoms with Crippen molar-refractivity contribution in [2.45, 2.75) is 64.5 Å². The molecule has 14 heavy (non-hydrogen) atoms. The van der Waals surface area contributed by atoms with Gasteiger partial charge in [-0.3, -0.25) is 0 Å². The topological polar surface area (TPSA) is 9.23 Å². The van der Waals surface area contributed by atoms with Crippen LogP contribution < -0.4 is 0 Å². The summed E-state index contributed by atoms with van der Waals surface area (Å²) in [5.74, 6) is 0. The fourth-order valence-corrected chi connectivity index (χ4v) is 3.21. The van der Waals surface area contributed by atoms with Crippen molar-refractivity contribution in [3.05, 3.63) is 12.7 Å². The van der Waals surface area contributed by atoms with Crippen LogP contribution in [-0.4, -0.2) is 15.4 Å². The highest BCUT2D eigenvalue weighted by molar-refractivity contribution is 6.28. The van der Waals surface area contributed by atoms with Gasteiger partial charge in [0, 0.05) is 0 Å². The molecular weight excluding hydrogens is 188 g/mol. The monoisotopic (exact) mass is 214 g/mol. The molecule has 84 valence electrons. The van der Waals surface area contributed by atoms with Gasteiger partial charge >= 0.3 is 0 Å². The lowest BCUT2D eigenvalue weighted by Gasteiger charge is -2.33. The summed E-state index contributed by atoms with van der Waals surface area (Å²) < 4.78 is 6.17. The summed E-state index contributed by atoms with van der Waals surface area (Å²) in [4.78, 5) is 0. The number of hydrogen-bond acceptors (Lipinski definition) is 1. The predicted octanol–water partition coefficient (Wildman–Crippen LogP) is 3.44. The minimum Gasteiger partial charge on any atom is -0.418 e. The third kappa shape index (κ3) is 4.96. The Morgan fingerprint density at radius 3 is 2.14 bits per heavy atom. The van der Waals surface area contributed by atoms with Gasteiger partial charge in [-0.15, -0.1) is 6.58 Å². The van der Waals surface area contributed by atoms with Gasteiger partial charge in [0.1, 0.15) is 0 Å². The van der Waals surface area contributed by atoms with E-state index in [1.165, 1.54) is 32.1 Å².